The van der Waals surface area contributed by atoms with E-state index in [2.05, 4.69) is 48.9 Å². The molecule has 0 fully saturated rings. The van der Waals surface area contributed by atoms with Crippen LogP contribution in [0.2, 0.25) is 0 Å². The van der Waals surface area contributed by atoms with Gasteiger partial charge in [0.25, 0.3) is 0 Å². The minimum absolute atomic E-state index is 0.383. The molecule has 0 aliphatic carbocycles. The lowest BCUT2D eigenvalue weighted by molar-refractivity contribution is -0.142. The Morgan fingerprint density at radius 3 is 2.38 bits per heavy atom. The van der Waals surface area contributed by atoms with Crippen molar-refractivity contribution >= 4 is 5.97 Å². The average molecular weight is 283 g/mol. The van der Waals surface area contributed by atoms with Crippen molar-refractivity contribution in [3.05, 3.63) is 59.2 Å². The van der Waals surface area contributed by atoms with Gasteiger partial charge < -0.3 is 10.5 Å². The summed E-state index contributed by atoms with van der Waals surface area (Å²) in [4.78, 5) is 11.4. The van der Waals surface area contributed by atoms with Gasteiger partial charge in [0.2, 0.25) is 0 Å². The van der Waals surface area contributed by atoms with E-state index in [1.165, 1.54) is 23.8 Å². The van der Waals surface area contributed by atoms with E-state index in [-0.39, 0.29) is 5.97 Å². The summed E-state index contributed by atoms with van der Waals surface area (Å²) in [6.45, 7) is 4.18. The van der Waals surface area contributed by atoms with Gasteiger partial charge >= 0.3 is 5.97 Å². The highest BCUT2D eigenvalue weighted by atomic mass is 16.5. The Labute approximate surface area is 125 Å². The SMILES string of the molecule is COC(=O)C(N)Cc1cccc(-c2cc(C)cc(C)c2)c1. The maximum absolute atomic E-state index is 11.4. The normalized spacial score (nSPS) is 12.0. The van der Waals surface area contributed by atoms with Crippen molar-refractivity contribution in [1.29, 1.82) is 0 Å². The number of esters is 1. The van der Waals surface area contributed by atoms with Crippen LogP contribution >= 0.6 is 0 Å². The van der Waals surface area contributed by atoms with Gasteiger partial charge in [0, 0.05) is 0 Å². The van der Waals surface area contributed by atoms with E-state index >= 15 is 0 Å². The van der Waals surface area contributed by atoms with Gasteiger partial charge in [0.05, 0.1) is 7.11 Å². The van der Waals surface area contributed by atoms with E-state index in [9.17, 15) is 4.79 Å². The Balaban J connectivity index is 2.27. The summed E-state index contributed by atoms with van der Waals surface area (Å²) < 4.78 is 4.67. The predicted octanol–water partition coefficient (Wildman–Crippen LogP) is 3.01. The number of methoxy groups -OCH3 is 1. The molecule has 3 heteroatoms. The average Bonchev–Trinajstić information content (AvgIpc) is 2.45. The molecule has 0 saturated carbocycles. The van der Waals surface area contributed by atoms with E-state index in [1.807, 2.05) is 12.1 Å². The van der Waals surface area contributed by atoms with Crippen LogP contribution in [0.5, 0.6) is 0 Å². The summed E-state index contributed by atoms with van der Waals surface area (Å²) in [5, 5.41) is 0. The van der Waals surface area contributed by atoms with Gasteiger partial charge in [0.1, 0.15) is 6.04 Å². The molecule has 110 valence electrons. The molecule has 0 aliphatic rings. The third-order valence-corrected chi connectivity index (χ3v) is 3.44. The zero-order valence-electron chi connectivity index (χ0n) is 12.7. The topological polar surface area (TPSA) is 52.3 Å². The number of aryl methyl sites for hydroxylation is 2. The smallest absolute Gasteiger partial charge is 0.322 e. The molecule has 21 heavy (non-hydrogen) atoms. The van der Waals surface area contributed by atoms with E-state index < -0.39 is 6.04 Å². The van der Waals surface area contributed by atoms with Crippen LogP contribution < -0.4 is 5.73 Å². The fraction of sp³-hybridized carbons (Fsp3) is 0.278. The van der Waals surface area contributed by atoms with E-state index in [0.717, 1.165) is 11.1 Å². The molecular weight excluding hydrogens is 262 g/mol. The summed E-state index contributed by atoms with van der Waals surface area (Å²) in [6.07, 6.45) is 0.477. The summed E-state index contributed by atoms with van der Waals surface area (Å²) in [5.41, 5.74) is 11.6. The number of ether oxygens (including phenoxy) is 1. The molecule has 0 heterocycles. The van der Waals surface area contributed by atoms with Gasteiger partial charge in [-0.2, -0.15) is 0 Å². The zero-order valence-corrected chi connectivity index (χ0v) is 12.7. The first kappa shape index (κ1) is 15.3. The molecule has 0 aromatic heterocycles. The Morgan fingerprint density at radius 2 is 1.76 bits per heavy atom. The summed E-state index contributed by atoms with van der Waals surface area (Å²) in [7, 11) is 1.36. The minimum Gasteiger partial charge on any atom is -0.468 e. The monoisotopic (exact) mass is 283 g/mol. The summed E-state index contributed by atoms with van der Waals surface area (Å²) >= 11 is 0. The van der Waals surface area contributed by atoms with Crippen molar-refractivity contribution in [3.8, 4) is 11.1 Å². The van der Waals surface area contributed by atoms with Gasteiger partial charge in [0.15, 0.2) is 0 Å². The van der Waals surface area contributed by atoms with Gasteiger partial charge in [-0.15, -0.1) is 0 Å². The molecule has 0 aliphatic heterocycles. The molecule has 0 radical (unpaired) electrons. The maximum Gasteiger partial charge on any atom is 0.322 e. The number of carbonyl (C=O) groups is 1. The Morgan fingerprint density at radius 1 is 1.10 bits per heavy atom. The second-order valence-electron chi connectivity index (χ2n) is 5.41. The maximum atomic E-state index is 11.4. The number of rotatable bonds is 4. The quantitative estimate of drug-likeness (QED) is 0.878. The lowest BCUT2D eigenvalue weighted by Crippen LogP contribution is -2.33. The van der Waals surface area contributed by atoms with Crippen LogP contribution in [0.25, 0.3) is 11.1 Å². The van der Waals surface area contributed by atoms with Gasteiger partial charge in [-0.05, 0) is 37.0 Å². The third-order valence-electron chi connectivity index (χ3n) is 3.44. The van der Waals surface area contributed by atoms with Gasteiger partial charge in [-0.1, -0.05) is 53.6 Å². The zero-order chi connectivity index (χ0) is 15.4. The van der Waals surface area contributed by atoms with Crippen molar-refractivity contribution in [1.82, 2.24) is 0 Å². The number of hydrogen-bond donors (Lipinski definition) is 1. The largest absolute Gasteiger partial charge is 0.468 e. The van der Waals surface area contributed by atoms with E-state index in [4.69, 9.17) is 5.73 Å². The van der Waals surface area contributed by atoms with E-state index in [0.29, 0.717) is 6.42 Å². The van der Waals surface area contributed by atoms with Crippen molar-refractivity contribution in [2.75, 3.05) is 7.11 Å². The minimum atomic E-state index is -0.621. The van der Waals surface area contributed by atoms with E-state index in [1.54, 1.807) is 0 Å². The molecule has 2 aromatic rings. The number of hydrogen-bond acceptors (Lipinski definition) is 3. The van der Waals surface area contributed by atoms with Crippen LogP contribution in [-0.2, 0) is 16.0 Å². The summed E-state index contributed by atoms with van der Waals surface area (Å²) in [5.74, 6) is -0.383. The Hall–Kier alpha value is -2.13. The molecule has 2 rings (SSSR count). The first-order chi connectivity index (χ1) is 9.99. The van der Waals surface area contributed by atoms with Crippen LogP contribution in [-0.4, -0.2) is 19.1 Å². The van der Waals surface area contributed by atoms with Crippen LogP contribution in [0, 0.1) is 13.8 Å². The van der Waals surface area contributed by atoms with Crippen molar-refractivity contribution in [3.63, 3.8) is 0 Å². The molecule has 3 nitrogen and oxygen atoms in total. The molecule has 2 aromatic carbocycles. The predicted molar refractivity (Wildman–Crippen MR) is 85.0 cm³/mol. The molecule has 0 spiro atoms. The van der Waals surface area contributed by atoms with Crippen LogP contribution in [0.3, 0.4) is 0 Å². The fourth-order valence-corrected chi connectivity index (χ4v) is 2.51. The molecule has 1 unspecified atom stereocenters. The second kappa shape index (κ2) is 6.55. The first-order valence-corrected chi connectivity index (χ1v) is 7.00. The van der Waals surface area contributed by atoms with Crippen molar-refractivity contribution in [2.45, 2.75) is 26.3 Å². The second-order valence-corrected chi connectivity index (χ2v) is 5.41. The lowest BCUT2D eigenvalue weighted by atomic mass is 9.97. The highest BCUT2D eigenvalue weighted by Gasteiger charge is 2.14. The highest BCUT2D eigenvalue weighted by molar-refractivity contribution is 5.76. The molecule has 0 saturated heterocycles. The number of carbonyl (C=O) groups excluding carboxylic acids is 1. The first-order valence-electron chi connectivity index (χ1n) is 7.00. The van der Waals surface area contributed by atoms with Crippen LogP contribution in [0.4, 0.5) is 0 Å². The molecule has 0 bridgehead atoms. The van der Waals surface area contributed by atoms with Gasteiger partial charge in [-0.3, -0.25) is 4.79 Å². The van der Waals surface area contributed by atoms with Crippen LogP contribution in [0.15, 0.2) is 42.5 Å². The Bertz CT molecular complexity index is 629. The number of nitrogens with two attached hydrogens (primary N) is 1. The molecule has 1 atom stereocenters. The molecule has 2 N–H and O–H groups in total. The lowest BCUT2D eigenvalue weighted by Gasteiger charge is -2.11. The van der Waals surface area contributed by atoms with Gasteiger partial charge in [-0.25, -0.2) is 0 Å². The van der Waals surface area contributed by atoms with Crippen LogP contribution in [0.1, 0.15) is 16.7 Å². The fourth-order valence-electron chi connectivity index (χ4n) is 2.51. The molecule has 0 amide bonds. The molecular formula is C18H21NO2. The number of benzene rings is 2. The Kier molecular flexibility index (Phi) is 4.76. The summed E-state index contributed by atoms with van der Waals surface area (Å²) in [6, 6.07) is 14.0. The standard InChI is InChI=1S/C18H21NO2/c1-12-7-13(2)9-16(8-12)15-6-4-5-14(10-15)11-17(19)18(20)21-3/h4-10,17H,11,19H2,1-3H3. The van der Waals surface area contributed by atoms with Crippen molar-refractivity contribution in [2.24, 2.45) is 5.73 Å². The highest BCUT2D eigenvalue weighted by Crippen LogP contribution is 2.23. The van der Waals surface area contributed by atoms with Crippen molar-refractivity contribution < 1.29 is 9.53 Å². The third kappa shape index (κ3) is 3.92.